The highest BCUT2D eigenvalue weighted by Crippen LogP contribution is 2.30. The van der Waals surface area contributed by atoms with E-state index >= 15 is 0 Å². The van der Waals surface area contributed by atoms with Crippen LogP contribution in [0.15, 0.2) is 58.5 Å². The van der Waals surface area contributed by atoms with E-state index in [1.54, 1.807) is 0 Å². The molecule has 2 aromatic rings. The molecule has 2 aromatic carbocycles. The number of halogens is 3. The fourth-order valence-corrected chi connectivity index (χ4v) is 3.15. The van der Waals surface area contributed by atoms with Crippen LogP contribution in [0, 0.1) is 0 Å². The first-order valence-electron chi connectivity index (χ1n) is 7.13. The molecule has 0 amide bonds. The number of hydrogen-bond acceptors (Lipinski definition) is 5. The normalized spacial score (nSPS) is 12.2. The molecule has 0 fully saturated rings. The quantitative estimate of drug-likeness (QED) is 0.433. The molecule has 2 rings (SSSR count). The maximum atomic E-state index is 13.3. The highest BCUT2D eigenvalue weighted by molar-refractivity contribution is 7.89. The maximum absolute atomic E-state index is 13.3. The number of hydrogen-bond donors (Lipinski definition) is 0. The van der Waals surface area contributed by atoms with Gasteiger partial charge in [0.05, 0.1) is 25.3 Å². The van der Waals surface area contributed by atoms with Gasteiger partial charge in [-0.25, -0.2) is 0 Å². The lowest BCUT2D eigenvalue weighted by Crippen LogP contribution is -2.38. The number of alkyl halides is 3. The van der Waals surface area contributed by atoms with Crippen LogP contribution in [-0.4, -0.2) is 39.6 Å². The predicted molar refractivity (Wildman–Crippen MR) is 88.7 cm³/mol. The lowest BCUT2D eigenvalue weighted by molar-refractivity contribution is -0.210. The summed E-state index contributed by atoms with van der Waals surface area (Å²) in [5.74, 6) is 0.634. The monoisotopic (exact) mass is 388 g/mol. The van der Waals surface area contributed by atoms with E-state index in [0.717, 1.165) is 18.3 Å². The number of nitrogens with zero attached hydrogens (tertiary/aromatic N) is 2. The fourth-order valence-electron chi connectivity index (χ4n) is 2.01. The second-order valence-corrected chi connectivity index (χ2v) is 6.66. The Morgan fingerprint density at radius 2 is 1.62 bits per heavy atom. The van der Waals surface area contributed by atoms with Gasteiger partial charge in [0.2, 0.25) is 0 Å². The van der Waals surface area contributed by atoms with E-state index in [-0.39, 0.29) is 11.3 Å². The number of sulfonamides is 1. The molecule has 0 N–H and O–H groups in total. The first kappa shape index (κ1) is 19.6. The number of benzene rings is 2. The van der Waals surface area contributed by atoms with Crippen molar-refractivity contribution in [1.82, 2.24) is 4.41 Å². The van der Waals surface area contributed by atoms with Gasteiger partial charge in [0, 0.05) is 0 Å². The van der Waals surface area contributed by atoms with Crippen molar-refractivity contribution in [2.75, 3.05) is 14.2 Å². The van der Waals surface area contributed by atoms with Gasteiger partial charge in [-0.15, -0.1) is 13.2 Å². The van der Waals surface area contributed by atoms with Gasteiger partial charge >= 0.3 is 6.30 Å². The summed E-state index contributed by atoms with van der Waals surface area (Å²) < 4.78 is 73.5. The molecule has 0 aromatic heterocycles. The average molecular weight is 388 g/mol. The summed E-state index contributed by atoms with van der Waals surface area (Å²) in [7, 11) is -2.14. The van der Waals surface area contributed by atoms with E-state index in [2.05, 4.69) is 5.10 Å². The zero-order chi connectivity index (χ0) is 19.4. The highest BCUT2D eigenvalue weighted by atomic mass is 32.2. The third-order valence-corrected chi connectivity index (χ3v) is 4.83. The molecule has 0 aliphatic rings. The fraction of sp³-hybridized carbons (Fsp3) is 0.188. The van der Waals surface area contributed by atoms with Crippen LogP contribution in [0.2, 0.25) is 0 Å². The van der Waals surface area contributed by atoms with E-state index in [4.69, 9.17) is 9.47 Å². The summed E-state index contributed by atoms with van der Waals surface area (Å²) >= 11 is 0. The number of hydrazone groups is 1. The lowest BCUT2D eigenvalue weighted by atomic mass is 10.2. The Bertz CT molecular complexity index is 884. The molecule has 0 spiro atoms. The zero-order valence-corrected chi connectivity index (χ0v) is 14.6. The molecule has 0 heterocycles. The zero-order valence-electron chi connectivity index (χ0n) is 13.8. The first-order valence-corrected chi connectivity index (χ1v) is 8.57. The Labute approximate surface area is 148 Å². The molecule has 6 nitrogen and oxygen atoms in total. The van der Waals surface area contributed by atoms with E-state index in [1.807, 2.05) is 0 Å². The van der Waals surface area contributed by atoms with Crippen molar-refractivity contribution in [2.24, 2.45) is 5.10 Å². The second-order valence-electron chi connectivity index (χ2n) is 4.89. The van der Waals surface area contributed by atoms with Crippen LogP contribution in [-0.2, 0) is 10.0 Å². The van der Waals surface area contributed by atoms with E-state index in [0.29, 0.717) is 5.75 Å². The van der Waals surface area contributed by atoms with Crippen molar-refractivity contribution in [3.05, 3.63) is 54.1 Å². The minimum atomic E-state index is -5.23. The Morgan fingerprint density at radius 1 is 1.00 bits per heavy atom. The molecule has 0 radical (unpaired) electrons. The van der Waals surface area contributed by atoms with Gasteiger partial charge < -0.3 is 9.47 Å². The molecule has 0 bridgehead atoms. The molecule has 140 valence electrons. The molecule has 26 heavy (non-hydrogen) atoms. The Balaban J connectivity index is 2.43. The second kappa shape index (κ2) is 7.65. The Morgan fingerprint density at radius 3 is 2.15 bits per heavy atom. The van der Waals surface area contributed by atoms with Gasteiger partial charge in [0.25, 0.3) is 10.0 Å². The summed E-state index contributed by atoms with van der Waals surface area (Å²) in [5, 5.41) is 3.14. The summed E-state index contributed by atoms with van der Waals surface area (Å²) in [6.07, 6.45) is -4.46. The molecule has 10 heteroatoms. The maximum Gasteiger partial charge on any atom is 0.514 e. The number of ether oxygens (including phenoxy) is 2. The van der Waals surface area contributed by atoms with Crippen LogP contribution in [0.5, 0.6) is 11.5 Å². The third kappa shape index (κ3) is 4.26. The lowest BCUT2D eigenvalue weighted by Gasteiger charge is -2.21. The first-order chi connectivity index (χ1) is 12.2. The Kier molecular flexibility index (Phi) is 5.76. The van der Waals surface area contributed by atoms with Crippen molar-refractivity contribution >= 4 is 16.2 Å². The topological polar surface area (TPSA) is 68.2 Å². The SMILES string of the molecule is COc1ccc(/C=N/N(C(F)(F)F)S(=O)(=O)c2ccccc2)cc1OC. The van der Waals surface area contributed by atoms with Crippen LogP contribution in [0.1, 0.15) is 5.56 Å². The van der Waals surface area contributed by atoms with Gasteiger partial charge in [-0.05, 0) is 35.9 Å². The standard InChI is InChI=1S/C16H15F3N2O4S/c1-24-14-9-8-12(10-15(14)25-2)11-20-21(16(17,18)19)26(22,23)13-6-4-3-5-7-13/h3-11H,1-2H3/b20-11+. The van der Waals surface area contributed by atoms with Crippen LogP contribution < -0.4 is 9.47 Å². The highest BCUT2D eigenvalue weighted by Gasteiger charge is 2.46. The Hall–Kier alpha value is -2.75. The summed E-state index contributed by atoms with van der Waals surface area (Å²) in [6.45, 7) is 0. The molecular formula is C16H15F3N2O4S. The van der Waals surface area contributed by atoms with Crippen LogP contribution >= 0.6 is 0 Å². The minimum absolute atomic E-state index is 0.195. The van der Waals surface area contributed by atoms with Gasteiger partial charge in [0.1, 0.15) is 0 Å². The average Bonchev–Trinajstić information content (AvgIpc) is 2.61. The van der Waals surface area contributed by atoms with Crippen molar-refractivity contribution in [2.45, 2.75) is 11.2 Å². The van der Waals surface area contributed by atoms with Crippen molar-refractivity contribution in [3.8, 4) is 11.5 Å². The summed E-state index contributed by atoms with van der Waals surface area (Å²) in [4.78, 5) is -0.526. The molecule has 0 atom stereocenters. The van der Waals surface area contributed by atoms with Gasteiger partial charge in [0.15, 0.2) is 11.5 Å². The van der Waals surface area contributed by atoms with Gasteiger partial charge in [-0.1, -0.05) is 22.6 Å². The molecule has 0 saturated heterocycles. The summed E-state index contributed by atoms with van der Waals surface area (Å²) in [6, 6.07) is 10.5. The smallest absolute Gasteiger partial charge is 0.493 e. The van der Waals surface area contributed by atoms with E-state index in [1.165, 1.54) is 50.6 Å². The number of methoxy groups -OCH3 is 2. The molecule has 0 saturated carbocycles. The van der Waals surface area contributed by atoms with Crippen LogP contribution in [0.4, 0.5) is 13.2 Å². The van der Waals surface area contributed by atoms with Crippen LogP contribution in [0.25, 0.3) is 0 Å². The summed E-state index contributed by atoms with van der Waals surface area (Å²) in [5.41, 5.74) is 0.195. The van der Waals surface area contributed by atoms with E-state index in [9.17, 15) is 21.6 Å². The molecule has 0 aliphatic carbocycles. The third-order valence-electron chi connectivity index (χ3n) is 3.20. The molecular weight excluding hydrogens is 373 g/mol. The van der Waals surface area contributed by atoms with Crippen molar-refractivity contribution in [3.63, 3.8) is 0 Å². The van der Waals surface area contributed by atoms with Gasteiger partial charge in [-0.2, -0.15) is 13.5 Å². The minimum Gasteiger partial charge on any atom is -0.493 e. The predicted octanol–water partition coefficient (Wildman–Crippen LogP) is 3.25. The van der Waals surface area contributed by atoms with Crippen molar-refractivity contribution < 1.29 is 31.1 Å². The van der Waals surface area contributed by atoms with E-state index < -0.39 is 25.6 Å². The molecule has 0 unspecified atom stereocenters. The number of rotatable bonds is 6. The van der Waals surface area contributed by atoms with Crippen molar-refractivity contribution in [1.29, 1.82) is 0 Å². The largest absolute Gasteiger partial charge is 0.514 e. The van der Waals surface area contributed by atoms with Crippen LogP contribution in [0.3, 0.4) is 0 Å². The van der Waals surface area contributed by atoms with Gasteiger partial charge in [-0.3, -0.25) is 0 Å². The molecule has 0 aliphatic heterocycles.